The van der Waals surface area contributed by atoms with Gasteiger partial charge in [-0.2, -0.15) is 0 Å². The number of nitrogen functional groups attached to an aromatic ring is 1. The molecule has 1 aliphatic heterocycles. The highest BCUT2D eigenvalue weighted by Gasteiger charge is 2.32. The molecule has 0 bridgehead atoms. The maximum absolute atomic E-state index is 12.5. The van der Waals surface area contributed by atoms with Crippen LogP contribution in [0.4, 0.5) is 5.69 Å². The Bertz CT molecular complexity index is 530. The molecule has 0 radical (unpaired) electrons. The second-order valence-electron chi connectivity index (χ2n) is 4.67. The van der Waals surface area contributed by atoms with Gasteiger partial charge < -0.3 is 20.7 Å². The van der Waals surface area contributed by atoms with Crippen LogP contribution in [0.25, 0.3) is 0 Å². The lowest BCUT2D eigenvalue weighted by Crippen LogP contribution is -2.56. The van der Waals surface area contributed by atoms with Crippen LogP contribution in [0.1, 0.15) is 23.7 Å². The lowest BCUT2D eigenvalue weighted by Gasteiger charge is -2.34. The number of methoxy groups -OCH3 is 1. The van der Waals surface area contributed by atoms with E-state index in [2.05, 4.69) is 5.32 Å². The number of nitrogens with two attached hydrogens (primary N) is 1. The first kappa shape index (κ1) is 14.2. The van der Waals surface area contributed by atoms with Crippen molar-refractivity contribution in [3.05, 3.63) is 23.8 Å². The fourth-order valence-corrected chi connectivity index (χ4v) is 2.37. The summed E-state index contributed by atoms with van der Waals surface area (Å²) in [4.78, 5) is 25.9. The molecular formula is C14H19N3O3. The van der Waals surface area contributed by atoms with Gasteiger partial charge >= 0.3 is 0 Å². The number of nitrogens with zero attached hydrogens (tertiary/aromatic N) is 1. The Labute approximate surface area is 117 Å². The molecular weight excluding hydrogens is 258 g/mol. The van der Waals surface area contributed by atoms with Gasteiger partial charge in [0.05, 0.1) is 12.8 Å². The van der Waals surface area contributed by atoms with Crippen LogP contribution in [0.3, 0.4) is 0 Å². The van der Waals surface area contributed by atoms with Crippen LogP contribution >= 0.6 is 0 Å². The zero-order chi connectivity index (χ0) is 14.7. The van der Waals surface area contributed by atoms with Crippen molar-refractivity contribution >= 4 is 17.5 Å². The molecule has 1 aromatic carbocycles. The number of carbonyl (C=O) groups is 2. The average Bonchev–Trinajstić information content (AvgIpc) is 2.46. The molecule has 0 saturated carbocycles. The van der Waals surface area contributed by atoms with Crippen LogP contribution in [0, 0.1) is 0 Å². The van der Waals surface area contributed by atoms with Crippen LogP contribution in [0.2, 0.25) is 0 Å². The highest BCUT2D eigenvalue weighted by molar-refractivity contribution is 5.98. The van der Waals surface area contributed by atoms with E-state index in [1.807, 2.05) is 6.92 Å². The molecule has 108 valence electrons. The molecule has 3 N–H and O–H groups in total. The molecule has 20 heavy (non-hydrogen) atoms. The van der Waals surface area contributed by atoms with E-state index in [-0.39, 0.29) is 11.8 Å². The van der Waals surface area contributed by atoms with Crippen molar-refractivity contribution in [2.45, 2.75) is 19.4 Å². The van der Waals surface area contributed by atoms with Crippen molar-refractivity contribution in [1.29, 1.82) is 0 Å². The van der Waals surface area contributed by atoms with Gasteiger partial charge in [-0.15, -0.1) is 0 Å². The van der Waals surface area contributed by atoms with Crippen molar-refractivity contribution in [2.24, 2.45) is 0 Å². The second-order valence-corrected chi connectivity index (χ2v) is 4.67. The standard InChI is InChI=1S/C14H19N3O3/c1-3-11-13(18)16-6-7-17(11)14(19)9-4-5-10(15)12(8-9)20-2/h4-5,8,11H,3,6-7,15H2,1-2H3,(H,16,18). The predicted molar refractivity (Wildman–Crippen MR) is 75.5 cm³/mol. The molecule has 1 fully saturated rings. The first-order valence-electron chi connectivity index (χ1n) is 6.60. The van der Waals surface area contributed by atoms with Crippen LogP contribution in [-0.2, 0) is 4.79 Å². The summed E-state index contributed by atoms with van der Waals surface area (Å²) in [6, 6.07) is 4.48. The molecule has 0 aliphatic carbocycles. The van der Waals surface area contributed by atoms with Gasteiger partial charge in [-0.3, -0.25) is 9.59 Å². The van der Waals surface area contributed by atoms with Gasteiger partial charge in [0.25, 0.3) is 5.91 Å². The van der Waals surface area contributed by atoms with E-state index < -0.39 is 6.04 Å². The Balaban J connectivity index is 2.28. The number of hydrogen-bond acceptors (Lipinski definition) is 4. The Kier molecular flexibility index (Phi) is 4.12. The topological polar surface area (TPSA) is 84.7 Å². The molecule has 1 heterocycles. The number of piperazine rings is 1. The van der Waals surface area contributed by atoms with Crippen molar-refractivity contribution < 1.29 is 14.3 Å². The Morgan fingerprint density at radius 1 is 1.55 bits per heavy atom. The molecule has 1 aromatic rings. The highest BCUT2D eigenvalue weighted by Crippen LogP contribution is 2.24. The van der Waals surface area contributed by atoms with Crippen molar-refractivity contribution in [2.75, 3.05) is 25.9 Å². The smallest absolute Gasteiger partial charge is 0.254 e. The molecule has 6 heteroatoms. The van der Waals surface area contributed by atoms with Crippen molar-refractivity contribution in [3.63, 3.8) is 0 Å². The van der Waals surface area contributed by atoms with Crippen molar-refractivity contribution in [3.8, 4) is 5.75 Å². The predicted octanol–water partition coefficient (Wildman–Crippen LogP) is 0.628. The van der Waals surface area contributed by atoms with Gasteiger partial charge in [0.2, 0.25) is 5.91 Å². The molecule has 6 nitrogen and oxygen atoms in total. The van der Waals surface area contributed by atoms with E-state index >= 15 is 0 Å². The number of nitrogens with one attached hydrogen (secondary N) is 1. The van der Waals surface area contributed by atoms with Gasteiger partial charge in [0.15, 0.2) is 0 Å². The number of amides is 2. The first-order valence-corrected chi connectivity index (χ1v) is 6.60. The third-order valence-corrected chi connectivity index (χ3v) is 3.46. The van der Waals surface area contributed by atoms with Crippen LogP contribution in [0.15, 0.2) is 18.2 Å². The fraction of sp³-hybridized carbons (Fsp3) is 0.429. The summed E-state index contributed by atoms with van der Waals surface area (Å²) in [7, 11) is 1.50. The van der Waals surface area contributed by atoms with E-state index in [9.17, 15) is 9.59 Å². The minimum absolute atomic E-state index is 0.102. The molecule has 0 spiro atoms. The van der Waals surface area contributed by atoms with Gasteiger partial charge in [-0.25, -0.2) is 0 Å². The zero-order valence-corrected chi connectivity index (χ0v) is 11.7. The zero-order valence-electron chi connectivity index (χ0n) is 11.7. The maximum Gasteiger partial charge on any atom is 0.254 e. The third-order valence-electron chi connectivity index (χ3n) is 3.46. The number of carbonyl (C=O) groups excluding carboxylic acids is 2. The lowest BCUT2D eigenvalue weighted by molar-refractivity contribution is -0.127. The Morgan fingerprint density at radius 3 is 2.95 bits per heavy atom. The van der Waals surface area contributed by atoms with Gasteiger partial charge in [0, 0.05) is 18.7 Å². The van der Waals surface area contributed by atoms with E-state index in [1.54, 1.807) is 23.1 Å². The monoisotopic (exact) mass is 277 g/mol. The fourth-order valence-electron chi connectivity index (χ4n) is 2.37. The minimum Gasteiger partial charge on any atom is -0.495 e. The Morgan fingerprint density at radius 2 is 2.30 bits per heavy atom. The molecule has 1 saturated heterocycles. The first-order chi connectivity index (χ1) is 9.58. The number of anilines is 1. The normalized spacial score (nSPS) is 18.6. The quantitative estimate of drug-likeness (QED) is 0.794. The SMILES string of the molecule is CCC1C(=O)NCCN1C(=O)c1ccc(N)c(OC)c1. The minimum atomic E-state index is -0.417. The summed E-state index contributed by atoms with van der Waals surface area (Å²) < 4.78 is 5.12. The number of benzene rings is 1. The van der Waals surface area contributed by atoms with Crippen LogP contribution in [0.5, 0.6) is 5.75 Å². The third kappa shape index (κ3) is 2.54. The molecule has 1 unspecified atom stereocenters. The average molecular weight is 277 g/mol. The van der Waals surface area contributed by atoms with Gasteiger partial charge in [0.1, 0.15) is 11.8 Å². The number of rotatable bonds is 3. The molecule has 1 aliphatic rings. The molecule has 2 amide bonds. The van der Waals surface area contributed by atoms with Crippen LogP contribution < -0.4 is 15.8 Å². The summed E-state index contributed by atoms with van der Waals surface area (Å²) >= 11 is 0. The van der Waals surface area contributed by atoms with E-state index in [1.165, 1.54) is 7.11 Å². The summed E-state index contributed by atoms with van der Waals surface area (Å²) in [6.07, 6.45) is 0.587. The summed E-state index contributed by atoms with van der Waals surface area (Å²) in [5.41, 5.74) is 6.70. The summed E-state index contributed by atoms with van der Waals surface area (Å²) in [6.45, 7) is 2.88. The second kappa shape index (κ2) is 5.81. The van der Waals surface area contributed by atoms with Gasteiger partial charge in [-0.1, -0.05) is 6.92 Å². The molecule has 2 rings (SSSR count). The van der Waals surface area contributed by atoms with E-state index in [0.29, 0.717) is 36.5 Å². The molecule has 0 aromatic heterocycles. The Hall–Kier alpha value is -2.24. The number of ether oxygens (including phenoxy) is 1. The van der Waals surface area contributed by atoms with E-state index in [0.717, 1.165) is 0 Å². The summed E-state index contributed by atoms with van der Waals surface area (Å²) in [5.74, 6) is 0.185. The van der Waals surface area contributed by atoms with Gasteiger partial charge in [-0.05, 0) is 24.6 Å². The highest BCUT2D eigenvalue weighted by atomic mass is 16.5. The largest absolute Gasteiger partial charge is 0.495 e. The van der Waals surface area contributed by atoms with Crippen molar-refractivity contribution in [1.82, 2.24) is 10.2 Å². The molecule has 1 atom stereocenters. The van der Waals surface area contributed by atoms with Crippen LogP contribution in [-0.4, -0.2) is 43.0 Å². The number of hydrogen-bond donors (Lipinski definition) is 2. The summed E-state index contributed by atoms with van der Waals surface area (Å²) in [5, 5.41) is 2.77. The maximum atomic E-state index is 12.5. The lowest BCUT2D eigenvalue weighted by atomic mass is 10.1. The van der Waals surface area contributed by atoms with E-state index in [4.69, 9.17) is 10.5 Å².